The molecule has 1 aliphatic rings. The minimum Gasteiger partial charge on any atom is -0.493 e. The molecule has 0 amide bonds. The van der Waals surface area contributed by atoms with Crippen LogP contribution in [0.25, 0.3) is 0 Å². The lowest BCUT2D eigenvalue weighted by Crippen LogP contribution is -2.48. The van der Waals surface area contributed by atoms with E-state index in [-0.39, 0.29) is 0 Å². The number of benzene rings is 2. The summed E-state index contributed by atoms with van der Waals surface area (Å²) >= 11 is 5.71. The number of hydrogen-bond donors (Lipinski definition) is 0. The van der Waals surface area contributed by atoms with E-state index in [9.17, 15) is 0 Å². The van der Waals surface area contributed by atoms with Crippen LogP contribution in [0.5, 0.6) is 11.5 Å². The van der Waals surface area contributed by atoms with Crippen LogP contribution < -0.4 is 14.4 Å². The molecule has 0 aliphatic carbocycles. The van der Waals surface area contributed by atoms with Crippen molar-refractivity contribution < 1.29 is 9.47 Å². The normalized spacial score (nSPS) is 14.4. The van der Waals surface area contributed by atoms with Crippen LogP contribution >= 0.6 is 12.2 Å². The maximum atomic E-state index is 5.71. The molecule has 132 valence electrons. The molecule has 2 aromatic carbocycles. The highest BCUT2D eigenvalue weighted by Crippen LogP contribution is 2.28. The van der Waals surface area contributed by atoms with E-state index in [4.69, 9.17) is 21.7 Å². The molecule has 0 bridgehead atoms. The average molecular weight is 356 g/mol. The summed E-state index contributed by atoms with van der Waals surface area (Å²) in [5, 5.41) is 0. The van der Waals surface area contributed by atoms with Gasteiger partial charge >= 0.3 is 0 Å². The van der Waals surface area contributed by atoms with Gasteiger partial charge in [0, 0.05) is 37.4 Å². The Morgan fingerprint density at radius 3 is 2.28 bits per heavy atom. The van der Waals surface area contributed by atoms with Crippen molar-refractivity contribution in [3.63, 3.8) is 0 Å². The second-order valence-electron chi connectivity index (χ2n) is 6.19. The molecule has 0 unspecified atom stereocenters. The monoisotopic (exact) mass is 356 g/mol. The zero-order valence-corrected chi connectivity index (χ0v) is 15.8. The van der Waals surface area contributed by atoms with Gasteiger partial charge in [-0.15, -0.1) is 0 Å². The molecule has 3 rings (SSSR count). The Bertz CT molecular complexity index is 755. The van der Waals surface area contributed by atoms with Crippen LogP contribution in [0, 0.1) is 6.92 Å². The van der Waals surface area contributed by atoms with E-state index in [1.54, 1.807) is 14.2 Å². The zero-order chi connectivity index (χ0) is 17.8. The quantitative estimate of drug-likeness (QED) is 0.781. The minimum atomic E-state index is 0.709. The average Bonchev–Trinajstić information content (AvgIpc) is 2.67. The highest BCUT2D eigenvalue weighted by molar-refractivity contribution is 7.80. The highest BCUT2D eigenvalue weighted by Gasteiger charge is 2.20. The number of piperazine rings is 1. The molecule has 5 heteroatoms. The second-order valence-corrected chi connectivity index (χ2v) is 6.57. The van der Waals surface area contributed by atoms with Gasteiger partial charge in [-0.1, -0.05) is 24.4 Å². The van der Waals surface area contributed by atoms with Crippen LogP contribution in [-0.2, 0) is 0 Å². The molecule has 2 aromatic rings. The minimum absolute atomic E-state index is 0.709. The summed E-state index contributed by atoms with van der Waals surface area (Å²) in [5.74, 6) is 1.43. The van der Waals surface area contributed by atoms with Gasteiger partial charge in [0.2, 0.25) is 0 Å². The van der Waals surface area contributed by atoms with E-state index >= 15 is 0 Å². The van der Waals surface area contributed by atoms with Crippen LogP contribution in [0.4, 0.5) is 5.69 Å². The molecule has 0 spiro atoms. The van der Waals surface area contributed by atoms with Gasteiger partial charge in [-0.3, -0.25) is 0 Å². The van der Waals surface area contributed by atoms with E-state index in [1.807, 2.05) is 18.2 Å². The third-order valence-electron chi connectivity index (χ3n) is 4.56. The number of rotatable bonds is 4. The summed E-state index contributed by atoms with van der Waals surface area (Å²) in [5.41, 5.74) is 3.58. The Hall–Kier alpha value is -2.27. The first-order chi connectivity index (χ1) is 12.1. The van der Waals surface area contributed by atoms with Crippen molar-refractivity contribution in [3.05, 3.63) is 53.6 Å². The zero-order valence-electron chi connectivity index (χ0n) is 15.0. The molecule has 0 aromatic heterocycles. The predicted octanol–water partition coefficient (Wildman–Crippen LogP) is 3.51. The molecule has 25 heavy (non-hydrogen) atoms. The van der Waals surface area contributed by atoms with Gasteiger partial charge in [-0.05, 0) is 42.8 Å². The van der Waals surface area contributed by atoms with Crippen molar-refractivity contribution in [1.29, 1.82) is 0 Å². The lowest BCUT2D eigenvalue weighted by atomic mass is 10.1. The molecule has 0 N–H and O–H groups in total. The lowest BCUT2D eigenvalue weighted by Gasteiger charge is -2.37. The van der Waals surface area contributed by atoms with Crippen molar-refractivity contribution in [1.82, 2.24) is 4.90 Å². The molecule has 0 saturated carbocycles. The number of thiocarbonyl (C=S) groups is 1. The molecule has 1 fully saturated rings. The maximum absolute atomic E-state index is 5.71. The van der Waals surface area contributed by atoms with Crippen LogP contribution in [-0.4, -0.2) is 50.3 Å². The van der Waals surface area contributed by atoms with Crippen LogP contribution in [0.2, 0.25) is 0 Å². The van der Waals surface area contributed by atoms with E-state index < -0.39 is 0 Å². The summed E-state index contributed by atoms with van der Waals surface area (Å²) in [4.78, 5) is 5.55. The van der Waals surface area contributed by atoms with Crippen molar-refractivity contribution in [3.8, 4) is 11.5 Å². The van der Waals surface area contributed by atoms with Gasteiger partial charge < -0.3 is 19.3 Å². The molecule has 0 radical (unpaired) electrons. The van der Waals surface area contributed by atoms with Crippen molar-refractivity contribution in [2.24, 2.45) is 0 Å². The maximum Gasteiger partial charge on any atom is 0.161 e. The summed E-state index contributed by atoms with van der Waals surface area (Å²) in [6, 6.07) is 14.5. The third-order valence-corrected chi connectivity index (χ3v) is 5.06. The number of aryl methyl sites for hydroxylation is 1. The fourth-order valence-electron chi connectivity index (χ4n) is 3.14. The van der Waals surface area contributed by atoms with Crippen LogP contribution in [0.1, 0.15) is 11.1 Å². The number of hydrogen-bond acceptors (Lipinski definition) is 4. The smallest absolute Gasteiger partial charge is 0.161 e. The van der Waals surface area contributed by atoms with Gasteiger partial charge in [0.25, 0.3) is 0 Å². The number of methoxy groups -OCH3 is 2. The molecule has 0 atom stereocenters. The van der Waals surface area contributed by atoms with E-state index in [0.717, 1.165) is 42.5 Å². The first kappa shape index (κ1) is 17.5. The first-order valence-electron chi connectivity index (χ1n) is 8.45. The molecular formula is C20H24N2O2S. The SMILES string of the molecule is COc1ccc(C(=S)N2CCN(c3cccc(C)c3)CC2)cc1OC. The Morgan fingerprint density at radius 1 is 0.920 bits per heavy atom. The fourth-order valence-corrected chi connectivity index (χ4v) is 3.45. The second kappa shape index (κ2) is 7.74. The van der Waals surface area contributed by atoms with Gasteiger partial charge in [0.05, 0.1) is 14.2 Å². The van der Waals surface area contributed by atoms with Gasteiger partial charge in [-0.2, -0.15) is 0 Å². The van der Waals surface area contributed by atoms with Crippen LogP contribution in [0.3, 0.4) is 0 Å². The Kier molecular flexibility index (Phi) is 5.43. The van der Waals surface area contributed by atoms with Gasteiger partial charge in [-0.25, -0.2) is 0 Å². The third kappa shape index (κ3) is 3.87. The molecule has 4 nitrogen and oxygen atoms in total. The largest absolute Gasteiger partial charge is 0.493 e. The first-order valence-corrected chi connectivity index (χ1v) is 8.86. The Labute approximate surface area is 155 Å². The van der Waals surface area contributed by atoms with Crippen molar-refractivity contribution in [2.45, 2.75) is 6.92 Å². The number of anilines is 1. The Morgan fingerprint density at radius 2 is 1.64 bits per heavy atom. The van der Waals surface area contributed by atoms with E-state index in [1.165, 1.54) is 11.3 Å². The number of ether oxygens (including phenoxy) is 2. The van der Waals surface area contributed by atoms with Crippen molar-refractivity contribution >= 4 is 22.9 Å². The highest BCUT2D eigenvalue weighted by atomic mass is 32.1. The molecule has 1 heterocycles. The standard InChI is InChI=1S/C20H24N2O2S/c1-15-5-4-6-17(13-15)21-9-11-22(12-10-21)20(25)16-7-8-18(23-2)19(14-16)24-3/h4-8,13-14H,9-12H2,1-3H3. The van der Waals surface area contributed by atoms with Crippen LogP contribution in [0.15, 0.2) is 42.5 Å². The van der Waals surface area contributed by atoms with E-state index in [2.05, 4.69) is 41.0 Å². The molecule has 1 saturated heterocycles. The summed E-state index contributed by atoms with van der Waals surface area (Å²) in [7, 11) is 3.28. The van der Waals surface area contributed by atoms with Gasteiger partial charge in [0.1, 0.15) is 4.99 Å². The summed E-state index contributed by atoms with van der Waals surface area (Å²) in [6.45, 7) is 5.90. The Balaban J connectivity index is 1.67. The lowest BCUT2D eigenvalue weighted by molar-refractivity contribution is 0.354. The topological polar surface area (TPSA) is 24.9 Å². The predicted molar refractivity (Wildman–Crippen MR) is 106 cm³/mol. The fraction of sp³-hybridized carbons (Fsp3) is 0.350. The molecular weight excluding hydrogens is 332 g/mol. The van der Waals surface area contributed by atoms with Gasteiger partial charge in [0.15, 0.2) is 11.5 Å². The molecule has 1 aliphatic heterocycles. The van der Waals surface area contributed by atoms with Crippen molar-refractivity contribution in [2.75, 3.05) is 45.3 Å². The summed E-state index contributed by atoms with van der Waals surface area (Å²) < 4.78 is 10.7. The van der Waals surface area contributed by atoms with E-state index in [0.29, 0.717) is 5.75 Å². The summed E-state index contributed by atoms with van der Waals surface area (Å²) in [6.07, 6.45) is 0. The number of nitrogens with zero attached hydrogens (tertiary/aromatic N) is 2.